The number of aliphatic imine (C=N–C) groups is 1. The number of halogens is 3. The number of alkyl halides is 3. The van der Waals surface area contributed by atoms with Crippen LogP contribution in [0, 0.1) is 0 Å². The van der Waals surface area contributed by atoms with Gasteiger partial charge in [0, 0.05) is 25.7 Å². The van der Waals surface area contributed by atoms with Crippen molar-refractivity contribution in [2.75, 3.05) is 33.4 Å². The molecular formula is C28H26F3N3O4. The van der Waals surface area contributed by atoms with Gasteiger partial charge in [0.15, 0.2) is 12.4 Å². The molecule has 1 amide bonds. The standard InChI is InChI=1S/C28H26F3N3O4/c1-18-16-33(12-13-34(18)26(35)17-37-20-6-4-3-5-7-20)27-22-15-21(36-2)9-11-24(22)38-25-10-8-19(28(29,30)31)14-23(25)32-27/h3-11,14-15,18H,12-13,16-17H2,1-2H3/t18-/m0/s1. The molecule has 0 N–H and O–H groups in total. The third kappa shape index (κ3) is 5.25. The summed E-state index contributed by atoms with van der Waals surface area (Å²) in [6, 6.07) is 17.3. The summed E-state index contributed by atoms with van der Waals surface area (Å²) in [6.07, 6.45) is -4.52. The fourth-order valence-electron chi connectivity index (χ4n) is 4.57. The van der Waals surface area contributed by atoms with Crippen LogP contribution in [0.15, 0.2) is 71.7 Å². The Labute approximate surface area is 218 Å². The molecule has 1 saturated heterocycles. The van der Waals surface area contributed by atoms with Crippen molar-refractivity contribution in [1.29, 1.82) is 0 Å². The van der Waals surface area contributed by atoms with Crippen molar-refractivity contribution in [2.24, 2.45) is 4.99 Å². The lowest BCUT2D eigenvalue weighted by Crippen LogP contribution is -2.56. The van der Waals surface area contributed by atoms with Crippen molar-refractivity contribution >= 4 is 17.4 Å². The summed E-state index contributed by atoms with van der Waals surface area (Å²) in [4.78, 5) is 21.3. The van der Waals surface area contributed by atoms with Crippen LogP contribution in [0.3, 0.4) is 0 Å². The Morgan fingerprint density at radius 3 is 2.50 bits per heavy atom. The van der Waals surface area contributed by atoms with Crippen LogP contribution in [0.4, 0.5) is 18.9 Å². The lowest BCUT2D eigenvalue weighted by Gasteiger charge is -2.41. The van der Waals surface area contributed by atoms with Crippen LogP contribution in [0.1, 0.15) is 18.1 Å². The zero-order valence-corrected chi connectivity index (χ0v) is 20.9. The average molecular weight is 526 g/mol. The Morgan fingerprint density at radius 1 is 1.03 bits per heavy atom. The second-order valence-corrected chi connectivity index (χ2v) is 9.06. The van der Waals surface area contributed by atoms with E-state index in [9.17, 15) is 18.0 Å². The maximum Gasteiger partial charge on any atom is 0.416 e. The number of piperazine rings is 1. The minimum Gasteiger partial charge on any atom is -0.497 e. The van der Waals surface area contributed by atoms with Gasteiger partial charge in [-0.25, -0.2) is 4.99 Å². The maximum absolute atomic E-state index is 13.5. The van der Waals surface area contributed by atoms with Crippen LogP contribution in [0.5, 0.6) is 23.0 Å². The molecule has 2 aliphatic heterocycles. The molecule has 0 aliphatic carbocycles. The Hall–Kier alpha value is -4.21. The molecule has 38 heavy (non-hydrogen) atoms. The molecule has 0 radical (unpaired) electrons. The fourth-order valence-corrected chi connectivity index (χ4v) is 4.57. The Bertz CT molecular complexity index is 1360. The molecule has 7 nitrogen and oxygen atoms in total. The lowest BCUT2D eigenvalue weighted by molar-refractivity contribution is -0.138. The number of hydrogen-bond donors (Lipinski definition) is 0. The van der Waals surface area contributed by atoms with E-state index in [1.54, 1.807) is 35.2 Å². The molecule has 0 unspecified atom stereocenters. The molecule has 10 heteroatoms. The molecule has 3 aromatic carbocycles. The Morgan fingerprint density at radius 2 is 1.79 bits per heavy atom. The van der Waals surface area contributed by atoms with Gasteiger partial charge in [0.1, 0.15) is 28.8 Å². The summed E-state index contributed by atoms with van der Waals surface area (Å²) in [5.74, 6) is 2.15. The highest BCUT2D eigenvalue weighted by Gasteiger charge is 2.34. The number of benzene rings is 3. The third-order valence-corrected chi connectivity index (χ3v) is 6.51. The highest BCUT2D eigenvalue weighted by molar-refractivity contribution is 6.04. The first-order valence-electron chi connectivity index (χ1n) is 12.1. The van der Waals surface area contributed by atoms with E-state index in [1.807, 2.05) is 30.0 Å². The first-order valence-corrected chi connectivity index (χ1v) is 12.1. The van der Waals surface area contributed by atoms with Crippen molar-refractivity contribution in [1.82, 2.24) is 9.80 Å². The number of carbonyl (C=O) groups excluding carboxylic acids is 1. The molecule has 2 heterocycles. The summed E-state index contributed by atoms with van der Waals surface area (Å²) in [6.45, 7) is 3.07. The Kier molecular flexibility index (Phi) is 6.88. The molecule has 0 saturated carbocycles. The number of amides is 1. The minimum atomic E-state index is -4.52. The fraction of sp³-hybridized carbons (Fsp3) is 0.286. The van der Waals surface area contributed by atoms with Gasteiger partial charge in [-0.2, -0.15) is 13.2 Å². The highest BCUT2D eigenvalue weighted by Crippen LogP contribution is 2.42. The normalized spacial score (nSPS) is 17.0. The predicted octanol–water partition coefficient (Wildman–Crippen LogP) is 5.51. The third-order valence-electron chi connectivity index (χ3n) is 6.51. The van der Waals surface area contributed by atoms with Crippen molar-refractivity contribution < 1.29 is 32.2 Å². The second-order valence-electron chi connectivity index (χ2n) is 9.06. The molecule has 3 aromatic rings. The summed E-state index contributed by atoms with van der Waals surface area (Å²) in [5.41, 5.74) is -0.144. The van der Waals surface area contributed by atoms with Crippen molar-refractivity contribution in [3.8, 4) is 23.0 Å². The summed E-state index contributed by atoms with van der Waals surface area (Å²) >= 11 is 0. The van der Waals surface area contributed by atoms with Crippen LogP contribution < -0.4 is 14.2 Å². The number of ether oxygens (including phenoxy) is 3. The smallest absolute Gasteiger partial charge is 0.416 e. The van der Waals surface area contributed by atoms with Gasteiger partial charge in [-0.15, -0.1) is 0 Å². The molecule has 2 aliphatic rings. The molecule has 0 aromatic heterocycles. The number of fused-ring (bicyclic) bond motifs is 2. The molecule has 1 fully saturated rings. The van der Waals surface area contributed by atoms with E-state index in [1.165, 1.54) is 13.2 Å². The van der Waals surface area contributed by atoms with Gasteiger partial charge in [-0.05, 0) is 55.5 Å². The molecule has 0 spiro atoms. The van der Waals surface area contributed by atoms with E-state index in [0.29, 0.717) is 48.3 Å². The van der Waals surface area contributed by atoms with Gasteiger partial charge in [-0.3, -0.25) is 4.79 Å². The van der Waals surface area contributed by atoms with E-state index >= 15 is 0 Å². The highest BCUT2D eigenvalue weighted by atomic mass is 19.4. The average Bonchev–Trinajstić information content (AvgIpc) is 3.07. The van der Waals surface area contributed by atoms with Crippen LogP contribution in [-0.2, 0) is 11.0 Å². The number of carbonyl (C=O) groups is 1. The largest absolute Gasteiger partial charge is 0.497 e. The quantitative estimate of drug-likeness (QED) is 0.450. The SMILES string of the molecule is COc1ccc2c(c1)C(N1CCN(C(=O)COc3ccccc3)[C@@H](C)C1)=Nc1cc(C(F)(F)F)ccc1O2. The Balaban J connectivity index is 1.42. The predicted molar refractivity (Wildman–Crippen MR) is 135 cm³/mol. The van der Waals surface area contributed by atoms with Crippen LogP contribution >= 0.6 is 0 Å². The van der Waals surface area contributed by atoms with Gasteiger partial charge < -0.3 is 24.0 Å². The monoisotopic (exact) mass is 525 g/mol. The first-order chi connectivity index (χ1) is 18.2. The summed E-state index contributed by atoms with van der Waals surface area (Å²) < 4.78 is 57.4. The number of amidine groups is 1. The zero-order chi connectivity index (χ0) is 26.9. The molecule has 5 rings (SSSR count). The number of hydrogen-bond acceptors (Lipinski definition) is 6. The van der Waals surface area contributed by atoms with Gasteiger partial charge >= 0.3 is 6.18 Å². The first kappa shape index (κ1) is 25.4. The zero-order valence-electron chi connectivity index (χ0n) is 20.9. The maximum atomic E-state index is 13.5. The molecule has 1 atom stereocenters. The summed E-state index contributed by atoms with van der Waals surface area (Å²) in [7, 11) is 1.53. The molecule has 0 bridgehead atoms. The van der Waals surface area contributed by atoms with E-state index < -0.39 is 11.7 Å². The number of rotatable bonds is 4. The van der Waals surface area contributed by atoms with Gasteiger partial charge in [-0.1, -0.05) is 18.2 Å². The second kappa shape index (κ2) is 10.3. The van der Waals surface area contributed by atoms with E-state index in [2.05, 4.69) is 4.99 Å². The molecule has 198 valence electrons. The lowest BCUT2D eigenvalue weighted by atomic mass is 10.1. The van der Waals surface area contributed by atoms with Gasteiger partial charge in [0.25, 0.3) is 5.91 Å². The van der Waals surface area contributed by atoms with Crippen LogP contribution in [0.2, 0.25) is 0 Å². The number of nitrogens with zero attached hydrogens (tertiary/aromatic N) is 3. The number of para-hydroxylation sites is 1. The van der Waals surface area contributed by atoms with Crippen molar-refractivity contribution in [2.45, 2.75) is 19.1 Å². The van der Waals surface area contributed by atoms with E-state index in [4.69, 9.17) is 14.2 Å². The van der Waals surface area contributed by atoms with Crippen molar-refractivity contribution in [3.05, 3.63) is 77.9 Å². The van der Waals surface area contributed by atoms with Crippen LogP contribution in [0.25, 0.3) is 0 Å². The molecular weight excluding hydrogens is 499 g/mol. The number of methoxy groups -OCH3 is 1. The van der Waals surface area contributed by atoms with Crippen molar-refractivity contribution in [3.63, 3.8) is 0 Å². The van der Waals surface area contributed by atoms with Gasteiger partial charge in [0.2, 0.25) is 0 Å². The topological polar surface area (TPSA) is 63.6 Å². The van der Waals surface area contributed by atoms with Crippen LogP contribution in [-0.4, -0.2) is 60.9 Å². The van der Waals surface area contributed by atoms with E-state index in [-0.39, 0.29) is 30.0 Å². The summed E-state index contributed by atoms with van der Waals surface area (Å²) in [5, 5.41) is 0. The minimum absolute atomic E-state index is 0.0763. The van der Waals surface area contributed by atoms with Gasteiger partial charge in [0.05, 0.1) is 18.2 Å². The van der Waals surface area contributed by atoms with E-state index in [0.717, 1.165) is 12.1 Å².